The van der Waals surface area contributed by atoms with Crippen LogP contribution in [0.4, 0.5) is 0 Å². The number of nitrogens with zero attached hydrogens (tertiary/aromatic N) is 1. The number of aliphatic hydroxyl groups is 1. The molecule has 0 aliphatic heterocycles. The van der Waals surface area contributed by atoms with Crippen molar-refractivity contribution in [2.75, 3.05) is 0 Å². The van der Waals surface area contributed by atoms with E-state index in [-0.39, 0.29) is 0 Å². The van der Waals surface area contributed by atoms with Crippen LogP contribution in [-0.2, 0) is 5.60 Å². The van der Waals surface area contributed by atoms with Crippen LogP contribution in [0.25, 0.3) is 22.2 Å². The standard InChI is InChI=1S/C19H20N2O/c1-19(2,22)15-6-4-3-5-14(15)13-9-10-16-17(11-13)21-18(20-16)12-7-8-12/h3-6,9-12,22H,7-8H2,1-2H3,(H,20,21). The maximum absolute atomic E-state index is 10.4. The summed E-state index contributed by atoms with van der Waals surface area (Å²) in [6.07, 6.45) is 2.49. The first-order chi connectivity index (χ1) is 10.5. The third-order valence-corrected chi connectivity index (χ3v) is 4.36. The minimum absolute atomic E-state index is 0.625. The predicted octanol–water partition coefficient (Wildman–Crippen LogP) is 4.33. The van der Waals surface area contributed by atoms with Gasteiger partial charge in [-0.05, 0) is 55.5 Å². The second-order valence-electron chi connectivity index (χ2n) is 6.73. The molecular weight excluding hydrogens is 272 g/mol. The van der Waals surface area contributed by atoms with Gasteiger partial charge in [-0.2, -0.15) is 0 Å². The molecule has 1 aliphatic rings. The van der Waals surface area contributed by atoms with Gasteiger partial charge in [0.15, 0.2) is 0 Å². The number of fused-ring (bicyclic) bond motifs is 1. The highest BCUT2D eigenvalue weighted by Gasteiger charge is 2.27. The molecule has 1 aromatic heterocycles. The molecule has 1 saturated carbocycles. The molecule has 1 heterocycles. The molecule has 3 nitrogen and oxygen atoms in total. The van der Waals surface area contributed by atoms with Crippen molar-refractivity contribution in [2.24, 2.45) is 0 Å². The van der Waals surface area contributed by atoms with E-state index in [1.54, 1.807) is 0 Å². The van der Waals surface area contributed by atoms with Gasteiger partial charge in [-0.1, -0.05) is 30.3 Å². The van der Waals surface area contributed by atoms with Crippen LogP contribution >= 0.6 is 0 Å². The summed E-state index contributed by atoms with van der Waals surface area (Å²) < 4.78 is 0. The Balaban J connectivity index is 1.84. The average Bonchev–Trinajstić information content (AvgIpc) is 3.25. The summed E-state index contributed by atoms with van der Waals surface area (Å²) >= 11 is 0. The van der Waals surface area contributed by atoms with Gasteiger partial charge in [0, 0.05) is 5.92 Å². The molecule has 1 aliphatic carbocycles. The smallest absolute Gasteiger partial charge is 0.110 e. The van der Waals surface area contributed by atoms with Gasteiger partial charge in [0.05, 0.1) is 16.6 Å². The van der Waals surface area contributed by atoms with Crippen LogP contribution in [0.3, 0.4) is 0 Å². The Morgan fingerprint density at radius 1 is 1.14 bits per heavy atom. The fraction of sp³-hybridized carbons (Fsp3) is 0.316. The highest BCUT2D eigenvalue weighted by molar-refractivity contribution is 5.83. The molecule has 0 unspecified atom stereocenters. The monoisotopic (exact) mass is 292 g/mol. The summed E-state index contributed by atoms with van der Waals surface area (Å²) in [5.74, 6) is 1.74. The van der Waals surface area contributed by atoms with E-state index in [0.29, 0.717) is 5.92 Å². The van der Waals surface area contributed by atoms with Crippen LogP contribution in [0, 0.1) is 0 Å². The van der Waals surface area contributed by atoms with Crippen molar-refractivity contribution in [1.29, 1.82) is 0 Å². The Bertz CT molecular complexity index is 838. The maximum atomic E-state index is 10.4. The summed E-state index contributed by atoms with van der Waals surface area (Å²) in [7, 11) is 0. The van der Waals surface area contributed by atoms with E-state index < -0.39 is 5.60 Å². The summed E-state index contributed by atoms with van der Waals surface area (Å²) in [5, 5.41) is 10.4. The van der Waals surface area contributed by atoms with E-state index in [1.807, 2.05) is 32.0 Å². The Morgan fingerprint density at radius 2 is 1.91 bits per heavy atom. The van der Waals surface area contributed by atoms with Crippen molar-refractivity contribution < 1.29 is 5.11 Å². The van der Waals surface area contributed by atoms with Gasteiger partial charge in [-0.3, -0.25) is 0 Å². The third-order valence-electron chi connectivity index (χ3n) is 4.36. The lowest BCUT2D eigenvalue weighted by molar-refractivity contribution is 0.0792. The summed E-state index contributed by atoms with van der Waals surface area (Å²) in [5.41, 5.74) is 4.35. The zero-order valence-corrected chi connectivity index (χ0v) is 12.9. The average molecular weight is 292 g/mol. The fourth-order valence-corrected chi connectivity index (χ4v) is 3.02. The fourth-order valence-electron chi connectivity index (χ4n) is 3.02. The quantitative estimate of drug-likeness (QED) is 0.754. The van der Waals surface area contributed by atoms with E-state index in [2.05, 4.69) is 34.2 Å². The molecule has 3 aromatic rings. The van der Waals surface area contributed by atoms with E-state index >= 15 is 0 Å². The van der Waals surface area contributed by atoms with Gasteiger partial charge in [-0.15, -0.1) is 0 Å². The molecule has 0 atom stereocenters. The number of imidazole rings is 1. The van der Waals surface area contributed by atoms with Crippen LogP contribution in [0.15, 0.2) is 42.5 Å². The Hall–Kier alpha value is -2.13. The van der Waals surface area contributed by atoms with Crippen LogP contribution in [0.2, 0.25) is 0 Å². The van der Waals surface area contributed by atoms with E-state index in [1.165, 1.54) is 12.8 Å². The summed E-state index contributed by atoms with van der Waals surface area (Å²) in [4.78, 5) is 8.13. The number of H-pyrrole nitrogens is 1. The van der Waals surface area contributed by atoms with Crippen LogP contribution in [0.1, 0.15) is 44.0 Å². The van der Waals surface area contributed by atoms with Crippen molar-refractivity contribution >= 4 is 11.0 Å². The zero-order chi connectivity index (χ0) is 15.3. The first-order valence-electron chi connectivity index (χ1n) is 7.84. The third kappa shape index (κ3) is 2.32. The molecular formula is C19H20N2O. The molecule has 2 aromatic carbocycles. The Labute approximate surface area is 130 Å². The Kier molecular flexibility index (Phi) is 2.88. The second kappa shape index (κ2) is 4.68. The number of hydrogen-bond donors (Lipinski definition) is 2. The largest absolute Gasteiger partial charge is 0.386 e. The molecule has 2 N–H and O–H groups in total. The van der Waals surface area contributed by atoms with Crippen LogP contribution in [-0.4, -0.2) is 15.1 Å². The number of rotatable bonds is 3. The van der Waals surface area contributed by atoms with Gasteiger partial charge in [0.1, 0.15) is 5.82 Å². The van der Waals surface area contributed by atoms with Gasteiger partial charge in [-0.25, -0.2) is 4.98 Å². The minimum atomic E-state index is -0.862. The topological polar surface area (TPSA) is 48.9 Å². The van der Waals surface area contributed by atoms with Crippen molar-refractivity contribution in [1.82, 2.24) is 9.97 Å². The number of aromatic nitrogens is 2. The number of aromatic amines is 1. The summed E-state index contributed by atoms with van der Waals surface area (Å²) in [6, 6.07) is 14.3. The number of hydrogen-bond acceptors (Lipinski definition) is 2. The summed E-state index contributed by atoms with van der Waals surface area (Å²) in [6.45, 7) is 3.65. The zero-order valence-electron chi connectivity index (χ0n) is 12.9. The first-order valence-corrected chi connectivity index (χ1v) is 7.84. The molecule has 112 valence electrons. The predicted molar refractivity (Wildman–Crippen MR) is 88.7 cm³/mol. The van der Waals surface area contributed by atoms with E-state index in [9.17, 15) is 5.11 Å². The highest BCUT2D eigenvalue weighted by Crippen LogP contribution is 2.39. The number of nitrogens with one attached hydrogen (secondary N) is 1. The first kappa shape index (κ1) is 13.5. The molecule has 22 heavy (non-hydrogen) atoms. The van der Waals surface area contributed by atoms with E-state index in [0.717, 1.165) is 33.5 Å². The van der Waals surface area contributed by atoms with Gasteiger partial charge >= 0.3 is 0 Å². The molecule has 3 heteroatoms. The lowest BCUT2D eigenvalue weighted by Crippen LogP contribution is -2.16. The molecule has 0 radical (unpaired) electrons. The maximum Gasteiger partial charge on any atom is 0.110 e. The lowest BCUT2D eigenvalue weighted by Gasteiger charge is -2.21. The van der Waals surface area contributed by atoms with Gasteiger partial charge < -0.3 is 10.1 Å². The second-order valence-corrected chi connectivity index (χ2v) is 6.73. The highest BCUT2D eigenvalue weighted by atomic mass is 16.3. The SMILES string of the molecule is CC(C)(O)c1ccccc1-c1ccc2nc(C3CC3)[nH]c2c1. The normalized spacial score (nSPS) is 15.4. The van der Waals surface area contributed by atoms with Crippen molar-refractivity contribution in [2.45, 2.75) is 38.2 Å². The van der Waals surface area contributed by atoms with Crippen molar-refractivity contribution in [3.8, 4) is 11.1 Å². The van der Waals surface area contributed by atoms with Crippen LogP contribution in [0.5, 0.6) is 0 Å². The van der Waals surface area contributed by atoms with Crippen LogP contribution < -0.4 is 0 Å². The number of benzene rings is 2. The van der Waals surface area contributed by atoms with Crippen molar-refractivity contribution in [3.05, 3.63) is 53.9 Å². The molecule has 0 spiro atoms. The van der Waals surface area contributed by atoms with E-state index in [4.69, 9.17) is 0 Å². The lowest BCUT2D eigenvalue weighted by atomic mass is 9.89. The van der Waals surface area contributed by atoms with Crippen molar-refractivity contribution in [3.63, 3.8) is 0 Å². The molecule has 0 bridgehead atoms. The molecule has 1 fully saturated rings. The van der Waals surface area contributed by atoms with Gasteiger partial charge in [0.25, 0.3) is 0 Å². The minimum Gasteiger partial charge on any atom is -0.386 e. The molecule has 4 rings (SSSR count). The Morgan fingerprint density at radius 3 is 2.64 bits per heavy atom. The molecule has 0 amide bonds. The molecule has 0 saturated heterocycles. The van der Waals surface area contributed by atoms with Gasteiger partial charge in [0.2, 0.25) is 0 Å².